The lowest BCUT2D eigenvalue weighted by atomic mass is 10.0. The Kier molecular flexibility index (Phi) is 6.30. The van der Waals surface area contributed by atoms with Gasteiger partial charge in [-0.05, 0) is 60.2 Å². The standard InChI is InChI=1S/C26H29N5O/c1-17(2)21-9-6-20(7-10-21)16-27-26(32)14-13-25-29-28-24-12-11-23(30-31(24)25)22-8-5-18(3)19(4)15-22/h5-12,15,17H,13-14,16H2,1-4H3,(H,27,32). The molecule has 1 N–H and O–H groups in total. The zero-order valence-electron chi connectivity index (χ0n) is 19.1. The monoisotopic (exact) mass is 427 g/mol. The number of nitrogens with one attached hydrogen (secondary N) is 1. The summed E-state index contributed by atoms with van der Waals surface area (Å²) in [5.41, 5.74) is 7.46. The van der Waals surface area contributed by atoms with Crippen molar-refractivity contribution >= 4 is 11.6 Å². The van der Waals surface area contributed by atoms with Crippen LogP contribution in [-0.4, -0.2) is 25.7 Å². The Morgan fingerprint density at radius 2 is 1.75 bits per heavy atom. The number of hydrogen-bond acceptors (Lipinski definition) is 4. The van der Waals surface area contributed by atoms with Crippen molar-refractivity contribution in [2.75, 3.05) is 0 Å². The van der Waals surface area contributed by atoms with Crippen molar-refractivity contribution < 1.29 is 4.79 Å². The van der Waals surface area contributed by atoms with Crippen LogP contribution in [0.2, 0.25) is 0 Å². The molecule has 0 aliphatic heterocycles. The number of aryl methyl sites for hydroxylation is 3. The molecule has 0 spiro atoms. The van der Waals surface area contributed by atoms with Crippen molar-refractivity contribution in [1.82, 2.24) is 25.1 Å². The van der Waals surface area contributed by atoms with Crippen LogP contribution in [0.1, 0.15) is 54.3 Å². The van der Waals surface area contributed by atoms with Crippen LogP contribution in [0.3, 0.4) is 0 Å². The molecular formula is C26H29N5O. The van der Waals surface area contributed by atoms with Crippen molar-refractivity contribution in [3.63, 3.8) is 0 Å². The number of amides is 1. The molecule has 1 amide bonds. The summed E-state index contributed by atoms with van der Waals surface area (Å²) in [7, 11) is 0. The van der Waals surface area contributed by atoms with Gasteiger partial charge in [0.05, 0.1) is 5.69 Å². The van der Waals surface area contributed by atoms with Crippen LogP contribution in [-0.2, 0) is 17.8 Å². The van der Waals surface area contributed by atoms with Gasteiger partial charge in [0.2, 0.25) is 5.91 Å². The fourth-order valence-corrected chi connectivity index (χ4v) is 3.58. The molecule has 0 fully saturated rings. The minimum atomic E-state index is -0.0139. The van der Waals surface area contributed by atoms with Crippen LogP contribution in [0.5, 0.6) is 0 Å². The van der Waals surface area contributed by atoms with E-state index in [1.165, 1.54) is 16.7 Å². The molecule has 0 radical (unpaired) electrons. The number of fused-ring (bicyclic) bond motifs is 1. The highest BCUT2D eigenvalue weighted by Crippen LogP contribution is 2.21. The Labute approximate surface area is 188 Å². The van der Waals surface area contributed by atoms with Crippen molar-refractivity contribution in [2.24, 2.45) is 0 Å². The zero-order chi connectivity index (χ0) is 22.7. The molecule has 0 aliphatic rings. The maximum Gasteiger partial charge on any atom is 0.220 e. The maximum atomic E-state index is 12.4. The van der Waals surface area contributed by atoms with Gasteiger partial charge in [-0.15, -0.1) is 10.2 Å². The minimum absolute atomic E-state index is 0.0139. The molecule has 0 atom stereocenters. The number of aromatic nitrogens is 4. The summed E-state index contributed by atoms with van der Waals surface area (Å²) < 4.78 is 1.74. The van der Waals surface area contributed by atoms with Gasteiger partial charge in [-0.3, -0.25) is 4.79 Å². The molecule has 6 nitrogen and oxygen atoms in total. The largest absolute Gasteiger partial charge is 0.352 e. The first kappa shape index (κ1) is 21.7. The van der Waals surface area contributed by atoms with E-state index in [9.17, 15) is 4.79 Å². The molecule has 4 rings (SSSR count). The van der Waals surface area contributed by atoms with Gasteiger partial charge in [-0.25, -0.2) is 0 Å². The second-order valence-corrected chi connectivity index (χ2v) is 8.58. The third-order valence-corrected chi connectivity index (χ3v) is 5.84. The van der Waals surface area contributed by atoms with Crippen LogP contribution >= 0.6 is 0 Å². The number of hydrogen-bond donors (Lipinski definition) is 1. The Hall–Kier alpha value is -3.54. The molecule has 0 saturated heterocycles. The molecule has 164 valence electrons. The molecule has 0 aliphatic carbocycles. The number of benzene rings is 2. The van der Waals surface area contributed by atoms with E-state index in [0.717, 1.165) is 16.8 Å². The van der Waals surface area contributed by atoms with E-state index in [0.29, 0.717) is 36.8 Å². The van der Waals surface area contributed by atoms with Gasteiger partial charge in [0.25, 0.3) is 0 Å². The summed E-state index contributed by atoms with van der Waals surface area (Å²) in [6, 6.07) is 18.5. The summed E-state index contributed by atoms with van der Waals surface area (Å²) in [6.07, 6.45) is 0.809. The second-order valence-electron chi connectivity index (χ2n) is 8.58. The van der Waals surface area contributed by atoms with E-state index in [-0.39, 0.29) is 5.91 Å². The van der Waals surface area contributed by atoms with Crippen LogP contribution in [0.25, 0.3) is 16.9 Å². The third kappa shape index (κ3) is 4.85. The molecule has 0 bridgehead atoms. The zero-order valence-corrected chi connectivity index (χ0v) is 19.1. The lowest BCUT2D eigenvalue weighted by Gasteiger charge is -2.08. The lowest BCUT2D eigenvalue weighted by molar-refractivity contribution is -0.121. The van der Waals surface area contributed by atoms with Gasteiger partial charge in [0.1, 0.15) is 0 Å². The first-order valence-corrected chi connectivity index (χ1v) is 11.0. The Balaban J connectivity index is 1.40. The van der Waals surface area contributed by atoms with Gasteiger partial charge < -0.3 is 5.32 Å². The highest BCUT2D eigenvalue weighted by Gasteiger charge is 2.11. The summed E-state index contributed by atoms with van der Waals surface area (Å²) in [5.74, 6) is 1.17. The molecular weight excluding hydrogens is 398 g/mol. The van der Waals surface area contributed by atoms with Gasteiger partial charge in [0.15, 0.2) is 11.5 Å². The van der Waals surface area contributed by atoms with E-state index >= 15 is 0 Å². The Bertz CT molecular complexity index is 1240. The molecule has 2 aromatic carbocycles. The van der Waals surface area contributed by atoms with Gasteiger partial charge in [0, 0.05) is 24.9 Å². The van der Waals surface area contributed by atoms with E-state index in [1.54, 1.807) is 4.52 Å². The van der Waals surface area contributed by atoms with Crippen LogP contribution < -0.4 is 5.32 Å². The van der Waals surface area contributed by atoms with Crippen molar-refractivity contribution in [2.45, 2.75) is 53.0 Å². The van der Waals surface area contributed by atoms with E-state index in [1.807, 2.05) is 12.1 Å². The average molecular weight is 428 g/mol. The molecule has 2 heterocycles. The summed E-state index contributed by atoms with van der Waals surface area (Å²) >= 11 is 0. The molecule has 2 aromatic heterocycles. The Morgan fingerprint density at radius 1 is 0.969 bits per heavy atom. The fraction of sp³-hybridized carbons (Fsp3) is 0.308. The molecule has 0 saturated carbocycles. The predicted octanol–water partition coefficient (Wildman–Crippen LogP) is 4.78. The van der Waals surface area contributed by atoms with Gasteiger partial charge in [-0.2, -0.15) is 9.61 Å². The predicted molar refractivity (Wildman–Crippen MR) is 126 cm³/mol. The Morgan fingerprint density at radius 3 is 2.47 bits per heavy atom. The topological polar surface area (TPSA) is 72.2 Å². The van der Waals surface area contributed by atoms with Gasteiger partial charge >= 0.3 is 0 Å². The second kappa shape index (κ2) is 9.30. The number of nitrogens with zero attached hydrogens (tertiary/aromatic N) is 4. The average Bonchev–Trinajstić information content (AvgIpc) is 3.20. The molecule has 6 heteroatoms. The first-order valence-electron chi connectivity index (χ1n) is 11.0. The maximum absolute atomic E-state index is 12.4. The van der Waals surface area contributed by atoms with Crippen LogP contribution in [0.15, 0.2) is 54.6 Å². The molecule has 0 unspecified atom stereocenters. The van der Waals surface area contributed by atoms with Crippen molar-refractivity contribution in [3.8, 4) is 11.3 Å². The summed E-state index contributed by atoms with van der Waals surface area (Å²) in [5, 5.41) is 16.2. The third-order valence-electron chi connectivity index (χ3n) is 5.84. The van der Waals surface area contributed by atoms with Crippen molar-refractivity contribution in [3.05, 3.63) is 82.7 Å². The van der Waals surface area contributed by atoms with E-state index < -0.39 is 0 Å². The SMILES string of the molecule is Cc1ccc(-c2ccc3nnc(CCC(=O)NCc4ccc(C(C)C)cc4)n3n2)cc1C. The molecule has 32 heavy (non-hydrogen) atoms. The smallest absolute Gasteiger partial charge is 0.220 e. The normalized spacial score (nSPS) is 11.3. The number of carbonyl (C=O) groups excluding carboxylic acids is 1. The highest BCUT2D eigenvalue weighted by molar-refractivity contribution is 5.76. The van der Waals surface area contributed by atoms with Crippen molar-refractivity contribution in [1.29, 1.82) is 0 Å². The minimum Gasteiger partial charge on any atom is -0.352 e. The van der Waals surface area contributed by atoms with E-state index in [4.69, 9.17) is 5.10 Å². The van der Waals surface area contributed by atoms with Crippen LogP contribution in [0.4, 0.5) is 0 Å². The van der Waals surface area contributed by atoms with Crippen LogP contribution in [0, 0.1) is 13.8 Å². The number of rotatable bonds is 7. The fourth-order valence-electron chi connectivity index (χ4n) is 3.58. The number of carbonyl (C=O) groups is 1. The van der Waals surface area contributed by atoms with Gasteiger partial charge in [-0.1, -0.05) is 50.2 Å². The van der Waals surface area contributed by atoms with E-state index in [2.05, 4.69) is 85.7 Å². The quantitative estimate of drug-likeness (QED) is 0.461. The lowest BCUT2D eigenvalue weighted by Crippen LogP contribution is -2.23. The summed E-state index contributed by atoms with van der Waals surface area (Å²) in [6.45, 7) is 9.06. The highest BCUT2D eigenvalue weighted by atomic mass is 16.1. The summed E-state index contributed by atoms with van der Waals surface area (Å²) in [4.78, 5) is 12.4. The molecule has 4 aromatic rings. The first-order chi connectivity index (χ1) is 15.4.